The van der Waals surface area contributed by atoms with E-state index >= 15 is 0 Å². The van der Waals surface area contributed by atoms with Crippen molar-refractivity contribution in [3.8, 4) is 0 Å². The fraction of sp³-hybridized carbons (Fsp3) is 0.714. The summed E-state index contributed by atoms with van der Waals surface area (Å²) in [5.41, 5.74) is 6.77. The first-order chi connectivity index (χ1) is 9.78. The molecule has 1 aromatic heterocycles. The fourth-order valence-corrected chi connectivity index (χ4v) is 3.17. The molecule has 3 heterocycles. The molecule has 6 nitrogen and oxygen atoms in total. The van der Waals surface area contributed by atoms with Gasteiger partial charge in [-0.2, -0.15) is 5.10 Å². The lowest BCUT2D eigenvalue weighted by Gasteiger charge is -2.33. The SMILES string of the molecule is NC[C@H]1CC[C@@H](C(=O)N2CCC(c3ccn[nH]3)CC2)O1. The van der Waals surface area contributed by atoms with Crippen molar-refractivity contribution in [1.82, 2.24) is 15.1 Å². The Kier molecular flexibility index (Phi) is 4.03. The quantitative estimate of drug-likeness (QED) is 0.849. The van der Waals surface area contributed by atoms with E-state index in [0.29, 0.717) is 12.5 Å². The summed E-state index contributed by atoms with van der Waals surface area (Å²) in [4.78, 5) is 14.3. The standard InChI is InChI=1S/C14H22N4O2/c15-9-11-1-2-13(20-11)14(19)18-7-4-10(5-8-18)12-3-6-16-17-12/h3,6,10-11,13H,1-2,4-5,7-9,15H2,(H,16,17)/t11-,13+/m1/s1. The van der Waals surface area contributed by atoms with Crippen LogP contribution in [0.15, 0.2) is 12.3 Å². The molecule has 0 bridgehead atoms. The van der Waals surface area contributed by atoms with Crippen LogP contribution in [0.4, 0.5) is 0 Å². The second kappa shape index (κ2) is 5.93. The smallest absolute Gasteiger partial charge is 0.251 e. The van der Waals surface area contributed by atoms with Crippen molar-refractivity contribution in [3.63, 3.8) is 0 Å². The number of carbonyl (C=O) groups is 1. The Morgan fingerprint density at radius 1 is 1.40 bits per heavy atom. The van der Waals surface area contributed by atoms with Gasteiger partial charge in [-0.15, -0.1) is 0 Å². The van der Waals surface area contributed by atoms with E-state index in [1.54, 1.807) is 6.20 Å². The Labute approximate surface area is 118 Å². The number of rotatable bonds is 3. The molecule has 0 aromatic carbocycles. The lowest BCUT2D eigenvalue weighted by atomic mass is 9.93. The molecular formula is C14H22N4O2. The lowest BCUT2D eigenvalue weighted by molar-refractivity contribution is -0.143. The van der Waals surface area contributed by atoms with Crippen molar-refractivity contribution in [2.24, 2.45) is 5.73 Å². The topological polar surface area (TPSA) is 84.2 Å². The Bertz CT molecular complexity index is 440. The summed E-state index contributed by atoms with van der Waals surface area (Å²) in [6, 6.07) is 2.02. The molecule has 2 aliphatic heterocycles. The largest absolute Gasteiger partial charge is 0.364 e. The van der Waals surface area contributed by atoms with Gasteiger partial charge in [-0.05, 0) is 31.7 Å². The van der Waals surface area contributed by atoms with Crippen molar-refractivity contribution < 1.29 is 9.53 Å². The highest BCUT2D eigenvalue weighted by Gasteiger charge is 2.34. The van der Waals surface area contributed by atoms with Crippen LogP contribution in [-0.2, 0) is 9.53 Å². The number of nitrogens with zero attached hydrogens (tertiary/aromatic N) is 2. The number of likely N-dealkylation sites (tertiary alicyclic amines) is 1. The number of aromatic amines is 1. The van der Waals surface area contributed by atoms with Gasteiger partial charge in [0.1, 0.15) is 6.10 Å². The maximum atomic E-state index is 12.4. The third kappa shape index (κ3) is 2.71. The van der Waals surface area contributed by atoms with E-state index in [0.717, 1.165) is 38.8 Å². The average molecular weight is 278 g/mol. The Morgan fingerprint density at radius 3 is 2.80 bits per heavy atom. The molecule has 2 aliphatic rings. The van der Waals surface area contributed by atoms with Crippen molar-refractivity contribution in [1.29, 1.82) is 0 Å². The number of carbonyl (C=O) groups excluding carboxylic acids is 1. The van der Waals surface area contributed by atoms with E-state index in [1.165, 1.54) is 5.69 Å². The fourth-order valence-electron chi connectivity index (χ4n) is 3.17. The number of nitrogens with two attached hydrogens (primary N) is 1. The van der Waals surface area contributed by atoms with Crippen LogP contribution < -0.4 is 5.73 Å². The normalized spacial score (nSPS) is 27.9. The zero-order chi connectivity index (χ0) is 13.9. The van der Waals surface area contributed by atoms with Crippen molar-refractivity contribution in [2.45, 2.75) is 43.8 Å². The summed E-state index contributed by atoms with van der Waals surface area (Å²) in [6.45, 7) is 2.11. The van der Waals surface area contributed by atoms with Gasteiger partial charge in [0.15, 0.2) is 0 Å². The van der Waals surface area contributed by atoms with E-state index in [2.05, 4.69) is 10.2 Å². The van der Waals surface area contributed by atoms with Crippen LogP contribution in [0.2, 0.25) is 0 Å². The van der Waals surface area contributed by atoms with Crippen LogP contribution in [0.25, 0.3) is 0 Å². The van der Waals surface area contributed by atoms with E-state index in [4.69, 9.17) is 10.5 Å². The van der Waals surface area contributed by atoms with E-state index in [9.17, 15) is 4.79 Å². The monoisotopic (exact) mass is 278 g/mol. The molecule has 0 saturated carbocycles. The Balaban J connectivity index is 1.52. The van der Waals surface area contributed by atoms with Gasteiger partial charge in [0, 0.05) is 37.4 Å². The number of piperidine rings is 1. The third-order valence-corrected chi connectivity index (χ3v) is 4.41. The van der Waals surface area contributed by atoms with E-state index < -0.39 is 0 Å². The molecule has 20 heavy (non-hydrogen) atoms. The molecule has 0 spiro atoms. The van der Waals surface area contributed by atoms with Crippen LogP contribution >= 0.6 is 0 Å². The molecular weight excluding hydrogens is 256 g/mol. The summed E-state index contributed by atoms with van der Waals surface area (Å²) in [5.74, 6) is 0.631. The summed E-state index contributed by atoms with van der Waals surface area (Å²) < 4.78 is 5.69. The van der Waals surface area contributed by atoms with Gasteiger partial charge < -0.3 is 15.4 Å². The molecule has 6 heteroatoms. The molecule has 0 aliphatic carbocycles. The summed E-state index contributed by atoms with van der Waals surface area (Å²) in [5, 5.41) is 7.02. The lowest BCUT2D eigenvalue weighted by Crippen LogP contribution is -2.43. The van der Waals surface area contributed by atoms with E-state index in [-0.39, 0.29) is 18.1 Å². The van der Waals surface area contributed by atoms with E-state index in [1.807, 2.05) is 11.0 Å². The van der Waals surface area contributed by atoms with Crippen LogP contribution in [0.5, 0.6) is 0 Å². The van der Waals surface area contributed by atoms with Crippen LogP contribution in [0.3, 0.4) is 0 Å². The van der Waals surface area contributed by atoms with Crippen LogP contribution in [0, 0.1) is 0 Å². The van der Waals surface area contributed by atoms with Crippen LogP contribution in [-0.4, -0.2) is 52.8 Å². The molecule has 2 fully saturated rings. The zero-order valence-corrected chi connectivity index (χ0v) is 11.6. The first kappa shape index (κ1) is 13.6. The predicted molar refractivity (Wildman–Crippen MR) is 74.1 cm³/mol. The molecule has 2 atom stereocenters. The molecule has 3 N–H and O–H groups in total. The van der Waals surface area contributed by atoms with Gasteiger partial charge in [0.25, 0.3) is 5.91 Å². The number of nitrogens with one attached hydrogen (secondary N) is 1. The minimum atomic E-state index is -0.271. The van der Waals surface area contributed by atoms with Gasteiger partial charge in [0.05, 0.1) is 6.10 Å². The minimum Gasteiger partial charge on any atom is -0.364 e. The number of aromatic nitrogens is 2. The third-order valence-electron chi connectivity index (χ3n) is 4.41. The summed E-state index contributed by atoms with van der Waals surface area (Å²) in [6.07, 6.45) is 5.26. The highest BCUT2D eigenvalue weighted by molar-refractivity contribution is 5.81. The highest BCUT2D eigenvalue weighted by atomic mass is 16.5. The van der Waals surface area contributed by atoms with Crippen molar-refractivity contribution in [3.05, 3.63) is 18.0 Å². The predicted octanol–water partition coefficient (Wildman–Crippen LogP) is 0.622. The second-order valence-corrected chi connectivity index (χ2v) is 5.67. The summed E-state index contributed by atoms with van der Waals surface area (Å²) >= 11 is 0. The number of hydrogen-bond acceptors (Lipinski definition) is 4. The Hall–Kier alpha value is -1.40. The van der Waals surface area contributed by atoms with Crippen molar-refractivity contribution >= 4 is 5.91 Å². The van der Waals surface area contributed by atoms with Gasteiger partial charge in [-0.3, -0.25) is 9.89 Å². The molecule has 3 rings (SSSR count). The first-order valence-corrected chi connectivity index (χ1v) is 7.41. The molecule has 0 unspecified atom stereocenters. The van der Waals surface area contributed by atoms with Crippen LogP contribution in [0.1, 0.15) is 37.3 Å². The van der Waals surface area contributed by atoms with Gasteiger partial charge in [-0.25, -0.2) is 0 Å². The molecule has 1 aromatic rings. The number of hydrogen-bond donors (Lipinski definition) is 2. The Morgan fingerprint density at radius 2 is 2.20 bits per heavy atom. The maximum absolute atomic E-state index is 12.4. The van der Waals surface area contributed by atoms with Gasteiger partial charge in [0.2, 0.25) is 0 Å². The molecule has 0 radical (unpaired) electrons. The molecule has 1 amide bonds. The molecule has 2 saturated heterocycles. The number of amides is 1. The molecule has 110 valence electrons. The first-order valence-electron chi connectivity index (χ1n) is 7.41. The van der Waals surface area contributed by atoms with Gasteiger partial charge in [-0.1, -0.05) is 0 Å². The maximum Gasteiger partial charge on any atom is 0.251 e. The second-order valence-electron chi connectivity index (χ2n) is 5.67. The minimum absolute atomic E-state index is 0.0616. The zero-order valence-electron chi connectivity index (χ0n) is 11.6. The van der Waals surface area contributed by atoms with Gasteiger partial charge >= 0.3 is 0 Å². The average Bonchev–Trinajstić information content (AvgIpc) is 3.18. The summed E-state index contributed by atoms with van der Waals surface area (Å²) in [7, 11) is 0. The highest BCUT2D eigenvalue weighted by Crippen LogP contribution is 2.28. The number of H-pyrrole nitrogens is 1. The number of ether oxygens (including phenoxy) is 1. The van der Waals surface area contributed by atoms with Crippen molar-refractivity contribution in [2.75, 3.05) is 19.6 Å².